The summed E-state index contributed by atoms with van der Waals surface area (Å²) in [7, 11) is 0. The highest BCUT2D eigenvalue weighted by Gasteiger charge is 2.21. The normalized spacial score (nSPS) is 15.5. The quantitative estimate of drug-likeness (QED) is 0.453. The lowest BCUT2D eigenvalue weighted by Crippen LogP contribution is -2.25. The average Bonchev–Trinajstić information content (AvgIpc) is 2.76. The highest BCUT2D eigenvalue weighted by Crippen LogP contribution is 2.31. The van der Waals surface area contributed by atoms with Crippen molar-refractivity contribution in [3.63, 3.8) is 0 Å². The van der Waals surface area contributed by atoms with E-state index in [1.807, 2.05) is 66.6 Å². The third kappa shape index (κ3) is 4.89. The molecule has 0 fully saturated rings. The Hall–Kier alpha value is -3.73. The van der Waals surface area contributed by atoms with Crippen LogP contribution < -0.4 is 4.74 Å². The van der Waals surface area contributed by atoms with Crippen molar-refractivity contribution < 1.29 is 18.3 Å². The molecule has 3 aromatic rings. The summed E-state index contributed by atoms with van der Waals surface area (Å²) in [5, 5.41) is 0. The topological polar surface area (TPSA) is 29.5 Å². The van der Waals surface area contributed by atoms with Crippen LogP contribution in [0, 0.1) is 18.6 Å². The number of ether oxygens (including phenoxy) is 1. The van der Waals surface area contributed by atoms with E-state index in [-0.39, 0.29) is 6.04 Å². The Morgan fingerprint density at radius 1 is 1.00 bits per heavy atom. The van der Waals surface area contributed by atoms with E-state index in [0.717, 1.165) is 29.2 Å². The molecule has 0 radical (unpaired) electrons. The Morgan fingerprint density at radius 3 is 2.39 bits per heavy atom. The van der Waals surface area contributed by atoms with Gasteiger partial charge in [0.05, 0.1) is 6.04 Å². The fourth-order valence-electron chi connectivity index (χ4n) is 3.56. The number of aldehydes is 1. The number of carbonyl (C=O) groups is 1. The number of halogens is 2. The van der Waals surface area contributed by atoms with Crippen LogP contribution in [0.15, 0.2) is 90.8 Å². The maximum absolute atomic E-state index is 13.7. The lowest BCUT2D eigenvalue weighted by atomic mass is 10.00. The lowest BCUT2D eigenvalue weighted by Gasteiger charge is -2.32. The summed E-state index contributed by atoms with van der Waals surface area (Å²) in [5.41, 5.74) is 3.04. The fourth-order valence-corrected chi connectivity index (χ4v) is 3.56. The van der Waals surface area contributed by atoms with Crippen molar-refractivity contribution in [1.29, 1.82) is 0 Å². The first-order valence-corrected chi connectivity index (χ1v) is 9.91. The smallest absolute Gasteiger partial charge is 0.150 e. The molecule has 0 saturated heterocycles. The maximum atomic E-state index is 13.7. The highest BCUT2D eigenvalue weighted by molar-refractivity contribution is 5.74. The second kappa shape index (κ2) is 8.96. The fraction of sp³-hybridized carbons (Fsp3) is 0.115. The van der Waals surface area contributed by atoms with E-state index in [2.05, 4.69) is 0 Å². The van der Waals surface area contributed by atoms with Crippen molar-refractivity contribution in [3.05, 3.63) is 125 Å². The molecule has 31 heavy (non-hydrogen) atoms. The van der Waals surface area contributed by atoms with Crippen LogP contribution >= 0.6 is 0 Å². The molecule has 1 heterocycles. The number of hydrogen-bond donors (Lipinski definition) is 0. The van der Waals surface area contributed by atoms with Crippen molar-refractivity contribution in [2.75, 3.05) is 0 Å². The Labute approximate surface area is 179 Å². The van der Waals surface area contributed by atoms with Crippen LogP contribution in [0.25, 0.3) is 0 Å². The van der Waals surface area contributed by atoms with Crippen molar-refractivity contribution in [2.24, 2.45) is 0 Å². The molecule has 1 unspecified atom stereocenters. The van der Waals surface area contributed by atoms with E-state index in [0.29, 0.717) is 23.4 Å². The van der Waals surface area contributed by atoms with Crippen LogP contribution in [-0.2, 0) is 6.54 Å². The number of para-hydroxylation sites is 1. The first-order valence-electron chi connectivity index (χ1n) is 9.91. The molecular formula is C26H21F2NO2. The van der Waals surface area contributed by atoms with E-state index >= 15 is 0 Å². The minimum absolute atomic E-state index is 0.240. The molecule has 1 aliphatic heterocycles. The third-order valence-corrected chi connectivity index (χ3v) is 5.13. The van der Waals surface area contributed by atoms with Gasteiger partial charge in [-0.3, -0.25) is 4.79 Å². The number of hydrogen-bond acceptors (Lipinski definition) is 3. The Kier molecular flexibility index (Phi) is 5.94. The van der Waals surface area contributed by atoms with Crippen molar-refractivity contribution in [3.8, 4) is 5.75 Å². The van der Waals surface area contributed by atoms with Gasteiger partial charge in [0.15, 0.2) is 0 Å². The molecule has 0 N–H and O–H groups in total. The predicted molar refractivity (Wildman–Crippen MR) is 116 cm³/mol. The highest BCUT2D eigenvalue weighted by atomic mass is 19.1. The van der Waals surface area contributed by atoms with Gasteiger partial charge in [0.2, 0.25) is 0 Å². The summed E-state index contributed by atoms with van der Waals surface area (Å²) in [5.74, 6) is 0.207. The summed E-state index contributed by atoms with van der Waals surface area (Å²) in [4.78, 5) is 13.0. The van der Waals surface area contributed by atoms with E-state index < -0.39 is 11.6 Å². The first kappa shape index (κ1) is 20.5. The van der Waals surface area contributed by atoms with Crippen LogP contribution in [0.1, 0.15) is 33.1 Å². The van der Waals surface area contributed by atoms with Gasteiger partial charge in [-0.2, -0.15) is 0 Å². The Morgan fingerprint density at radius 2 is 1.71 bits per heavy atom. The number of nitrogens with zero attached hydrogens (tertiary/aromatic N) is 1. The van der Waals surface area contributed by atoms with Crippen LogP contribution in [0.4, 0.5) is 8.78 Å². The van der Waals surface area contributed by atoms with Gasteiger partial charge < -0.3 is 9.64 Å². The maximum Gasteiger partial charge on any atom is 0.150 e. The largest absolute Gasteiger partial charge is 0.457 e. The van der Waals surface area contributed by atoms with Gasteiger partial charge in [0.1, 0.15) is 29.4 Å². The molecule has 0 spiro atoms. The monoisotopic (exact) mass is 417 g/mol. The molecule has 0 saturated carbocycles. The molecule has 0 aromatic heterocycles. The zero-order valence-electron chi connectivity index (χ0n) is 17.0. The summed E-state index contributed by atoms with van der Waals surface area (Å²) < 4.78 is 33.5. The molecule has 1 aliphatic rings. The Bertz CT molecular complexity index is 1130. The average molecular weight is 417 g/mol. The SMILES string of the molecule is Cc1ccccc1OC1=CC(c2ccc(C=O)cc2)N(Cc2cc(F)cc(F)c2)C=C1. The van der Waals surface area contributed by atoms with Crippen LogP contribution in [-0.4, -0.2) is 11.2 Å². The van der Waals surface area contributed by atoms with E-state index in [4.69, 9.17) is 4.74 Å². The van der Waals surface area contributed by atoms with Gasteiger partial charge in [-0.05, 0) is 54.0 Å². The van der Waals surface area contributed by atoms with E-state index in [1.54, 1.807) is 12.1 Å². The summed E-state index contributed by atoms with van der Waals surface area (Å²) in [6.07, 6.45) is 6.44. The minimum Gasteiger partial charge on any atom is -0.457 e. The lowest BCUT2D eigenvalue weighted by molar-refractivity contribution is 0.112. The molecule has 0 aliphatic carbocycles. The number of benzene rings is 3. The molecule has 0 amide bonds. The number of carbonyl (C=O) groups excluding carboxylic acids is 1. The first-order chi connectivity index (χ1) is 15.0. The van der Waals surface area contributed by atoms with Crippen molar-refractivity contribution >= 4 is 6.29 Å². The van der Waals surface area contributed by atoms with Gasteiger partial charge in [0.25, 0.3) is 0 Å². The molecule has 3 nitrogen and oxygen atoms in total. The zero-order valence-corrected chi connectivity index (χ0v) is 17.0. The summed E-state index contributed by atoms with van der Waals surface area (Å²) in [6.45, 7) is 2.28. The molecule has 0 bridgehead atoms. The second-order valence-electron chi connectivity index (χ2n) is 7.43. The molecule has 5 heteroatoms. The van der Waals surface area contributed by atoms with Crippen LogP contribution in [0.3, 0.4) is 0 Å². The van der Waals surface area contributed by atoms with Crippen molar-refractivity contribution in [2.45, 2.75) is 19.5 Å². The number of aryl methyl sites for hydroxylation is 1. The third-order valence-electron chi connectivity index (χ3n) is 5.13. The predicted octanol–water partition coefficient (Wildman–Crippen LogP) is 6.12. The molecular weight excluding hydrogens is 396 g/mol. The summed E-state index contributed by atoms with van der Waals surface area (Å²) in [6, 6.07) is 18.2. The summed E-state index contributed by atoms with van der Waals surface area (Å²) >= 11 is 0. The van der Waals surface area contributed by atoms with Gasteiger partial charge >= 0.3 is 0 Å². The number of rotatable bonds is 6. The molecule has 3 aromatic carbocycles. The van der Waals surface area contributed by atoms with Gasteiger partial charge in [-0.15, -0.1) is 0 Å². The van der Waals surface area contributed by atoms with Crippen LogP contribution in [0.5, 0.6) is 5.75 Å². The Balaban J connectivity index is 1.65. The van der Waals surface area contributed by atoms with Crippen LogP contribution in [0.2, 0.25) is 0 Å². The van der Waals surface area contributed by atoms with Gasteiger partial charge in [-0.1, -0.05) is 42.5 Å². The van der Waals surface area contributed by atoms with Gasteiger partial charge in [-0.25, -0.2) is 8.78 Å². The molecule has 1 atom stereocenters. The van der Waals surface area contributed by atoms with E-state index in [1.165, 1.54) is 12.1 Å². The zero-order chi connectivity index (χ0) is 21.8. The van der Waals surface area contributed by atoms with E-state index in [9.17, 15) is 13.6 Å². The standard InChI is InChI=1S/C26H21F2NO2/c1-18-4-2-3-5-26(18)31-24-10-11-29(16-20-12-22(27)14-23(28)13-20)25(15-24)21-8-6-19(17-30)7-9-21/h2-15,17,25H,16H2,1H3. The minimum atomic E-state index is -0.609. The number of allylic oxidation sites excluding steroid dienone is 1. The molecule has 4 rings (SSSR count). The van der Waals surface area contributed by atoms with Crippen molar-refractivity contribution in [1.82, 2.24) is 4.90 Å². The van der Waals surface area contributed by atoms with Gasteiger partial charge in [0, 0.05) is 24.4 Å². The molecule has 156 valence electrons. The second-order valence-corrected chi connectivity index (χ2v) is 7.43.